The van der Waals surface area contributed by atoms with E-state index >= 15 is 0 Å². The van der Waals surface area contributed by atoms with Gasteiger partial charge in [0.25, 0.3) is 0 Å². The van der Waals surface area contributed by atoms with Crippen LogP contribution in [-0.4, -0.2) is 25.0 Å². The highest BCUT2D eigenvalue weighted by atomic mass is 19.2. The number of hydrogen-bond donors (Lipinski definition) is 0. The van der Waals surface area contributed by atoms with Gasteiger partial charge in [0.2, 0.25) is 0 Å². The number of fused-ring (bicyclic) bond motifs is 1. The highest BCUT2D eigenvalue weighted by molar-refractivity contribution is 5.80. The molecule has 5 nitrogen and oxygen atoms in total. The lowest BCUT2D eigenvalue weighted by Crippen LogP contribution is -2.04. The van der Waals surface area contributed by atoms with Crippen LogP contribution < -0.4 is 0 Å². The first-order chi connectivity index (χ1) is 11.7. The van der Waals surface area contributed by atoms with Crippen LogP contribution in [0.3, 0.4) is 0 Å². The van der Waals surface area contributed by atoms with E-state index in [9.17, 15) is 8.78 Å². The predicted octanol–water partition coefficient (Wildman–Crippen LogP) is 3.21. The maximum atomic E-state index is 13.5. The normalized spacial score (nSPS) is 11.1. The first kappa shape index (κ1) is 14.4. The summed E-state index contributed by atoms with van der Waals surface area (Å²) in [5.74, 6) is -1.76. The Morgan fingerprint density at radius 2 is 1.88 bits per heavy atom. The Kier molecular flexibility index (Phi) is 3.45. The van der Waals surface area contributed by atoms with E-state index in [1.165, 1.54) is 6.07 Å². The van der Waals surface area contributed by atoms with E-state index in [-0.39, 0.29) is 0 Å². The zero-order chi connectivity index (χ0) is 16.5. The van der Waals surface area contributed by atoms with Gasteiger partial charge in [0.1, 0.15) is 5.52 Å². The maximum absolute atomic E-state index is 13.5. The molecule has 3 heterocycles. The fraction of sp³-hybridized carbons (Fsp3) is 0.0588. The minimum atomic E-state index is -0.888. The molecule has 0 aliphatic carbocycles. The molecule has 0 fully saturated rings. The number of nitrogens with zero attached hydrogens (tertiary/aromatic N) is 5. The molecule has 118 valence electrons. The van der Waals surface area contributed by atoms with E-state index in [1.54, 1.807) is 29.3 Å². The summed E-state index contributed by atoms with van der Waals surface area (Å²) >= 11 is 0. The van der Waals surface area contributed by atoms with Crippen molar-refractivity contribution < 1.29 is 8.78 Å². The number of benzene rings is 1. The van der Waals surface area contributed by atoms with Crippen molar-refractivity contribution in [3.63, 3.8) is 0 Å². The van der Waals surface area contributed by atoms with Gasteiger partial charge in [-0.3, -0.25) is 9.67 Å². The average Bonchev–Trinajstić information content (AvgIpc) is 3.00. The molecule has 0 radical (unpaired) electrons. The van der Waals surface area contributed by atoms with Crippen LogP contribution >= 0.6 is 0 Å². The van der Waals surface area contributed by atoms with Crippen LogP contribution in [0.4, 0.5) is 8.78 Å². The summed E-state index contributed by atoms with van der Waals surface area (Å²) in [5, 5.41) is 12.2. The number of halogens is 2. The zero-order valence-electron chi connectivity index (χ0n) is 12.4. The SMILES string of the molecule is Fc1ccc(-c2cnc3cnn(Cc4cccnn4)c3c2)cc1F. The number of aromatic nitrogens is 5. The number of rotatable bonds is 3. The summed E-state index contributed by atoms with van der Waals surface area (Å²) in [4.78, 5) is 4.34. The summed E-state index contributed by atoms with van der Waals surface area (Å²) in [7, 11) is 0. The van der Waals surface area contributed by atoms with Crippen LogP contribution in [0, 0.1) is 11.6 Å². The molecule has 0 N–H and O–H groups in total. The fourth-order valence-corrected chi connectivity index (χ4v) is 2.49. The lowest BCUT2D eigenvalue weighted by atomic mass is 10.1. The molecule has 1 aromatic carbocycles. The van der Waals surface area contributed by atoms with Crippen molar-refractivity contribution in [1.29, 1.82) is 0 Å². The molecule has 0 unspecified atom stereocenters. The van der Waals surface area contributed by atoms with Crippen LogP contribution in [0.1, 0.15) is 5.69 Å². The average molecular weight is 323 g/mol. The summed E-state index contributed by atoms with van der Waals surface area (Å²) in [6, 6.07) is 9.28. The van der Waals surface area contributed by atoms with Crippen molar-refractivity contribution in [3.8, 4) is 11.1 Å². The molecule has 0 spiro atoms. The van der Waals surface area contributed by atoms with Gasteiger partial charge in [0.05, 0.1) is 24.0 Å². The molecule has 0 bridgehead atoms. The Morgan fingerprint density at radius 3 is 2.67 bits per heavy atom. The van der Waals surface area contributed by atoms with Crippen LogP contribution in [-0.2, 0) is 6.54 Å². The van der Waals surface area contributed by atoms with Gasteiger partial charge < -0.3 is 0 Å². The molecule has 0 saturated carbocycles. The second-order valence-corrected chi connectivity index (χ2v) is 5.27. The van der Waals surface area contributed by atoms with Crippen molar-refractivity contribution in [1.82, 2.24) is 25.0 Å². The third kappa shape index (κ3) is 2.60. The van der Waals surface area contributed by atoms with E-state index in [0.29, 0.717) is 23.2 Å². The van der Waals surface area contributed by atoms with Crippen molar-refractivity contribution in [3.05, 3.63) is 72.3 Å². The number of hydrogen-bond acceptors (Lipinski definition) is 4. The molecule has 4 rings (SSSR count). The van der Waals surface area contributed by atoms with E-state index in [2.05, 4.69) is 20.3 Å². The lowest BCUT2D eigenvalue weighted by Gasteiger charge is -2.05. The van der Waals surface area contributed by atoms with Crippen molar-refractivity contribution >= 4 is 11.0 Å². The number of pyridine rings is 1. The van der Waals surface area contributed by atoms with E-state index < -0.39 is 11.6 Å². The van der Waals surface area contributed by atoms with Gasteiger partial charge in [-0.25, -0.2) is 8.78 Å². The maximum Gasteiger partial charge on any atom is 0.159 e. The molecular formula is C17H11F2N5. The molecule has 0 atom stereocenters. The molecule has 0 amide bonds. The van der Waals surface area contributed by atoms with Gasteiger partial charge in [-0.05, 0) is 35.9 Å². The van der Waals surface area contributed by atoms with Crippen LogP contribution in [0.2, 0.25) is 0 Å². The fourth-order valence-electron chi connectivity index (χ4n) is 2.49. The Labute approximate surface area is 135 Å². The highest BCUT2D eigenvalue weighted by Crippen LogP contribution is 2.24. The molecule has 0 aliphatic heterocycles. The predicted molar refractivity (Wildman–Crippen MR) is 84.0 cm³/mol. The molecule has 24 heavy (non-hydrogen) atoms. The van der Waals surface area contributed by atoms with Crippen LogP contribution in [0.15, 0.2) is 55.0 Å². The van der Waals surface area contributed by atoms with Gasteiger partial charge in [0, 0.05) is 18.0 Å². The van der Waals surface area contributed by atoms with Crippen LogP contribution in [0.25, 0.3) is 22.2 Å². The van der Waals surface area contributed by atoms with Gasteiger partial charge >= 0.3 is 0 Å². The van der Waals surface area contributed by atoms with Crippen LogP contribution in [0.5, 0.6) is 0 Å². The summed E-state index contributed by atoms with van der Waals surface area (Å²) in [5.41, 5.74) is 3.49. The summed E-state index contributed by atoms with van der Waals surface area (Å²) in [6.45, 7) is 0.445. The largest absolute Gasteiger partial charge is 0.257 e. The summed E-state index contributed by atoms with van der Waals surface area (Å²) in [6.07, 6.45) is 4.87. The van der Waals surface area contributed by atoms with Gasteiger partial charge in [0.15, 0.2) is 11.6 Å². The molecule has 0 saturated heterocycles. The van der Waals surface area contributed by atoms with Gasteiger partial charge in [-0.2, -0.15) is 15.3 Å². The third-order valence-corrected chi connectivity index (χ3v) is 3.69. The topological polar surface area (TPSA) is 56.5 Å². The van der Waals surface area contributed by atoms with Gasteiger partial charge in [-0.1, -0.05) is 6.07 Å². The lowest BCUT2D eigenvalue weighted by molar-refractivity contribution is 0.509. The van der Waals surface area contributed by atoms with Crippen molar-refractivity contribution in [2.75, 3.05) is 0 Å². The molecule has 7 heteroatoms. The van der Waals surface area contributed by atoms with E-state index in [1.807, 2.05) is 12.1 Å². The second-order valence-electron chi connectivity index (χ2n) is 5.27. The Morgan fingerprint density at radius 1 is 0.958 bits per heavy atom. The van der Waals surface area contributed by atoms with E-state index in [0.717, 1.165) is 23.3 Å². The molecule has 0 aliphatic rings. The monoisotopic (exact) mass is 323 g/mol. The third-order valence-electron chi connectivity index (χ3n) is 3.69. The Hall–Kier alpha value is -3.22. The minimum absolute atomic E-state index is 0.445. The standard InChI is InChI=1S/C17H11F2N5/c18-14-4-3-11(6-15(14)19)12-7-17-16(20-8-12)9-22-24(17)10-13-2-1-5-21-23-13/h1-9H,10H2. The van der Waals surface area contributed by atoms with Crippen molar-refractivity contribution in [2.45, 2.75) is 6.54 Å². The summed E-state index contributed by atoms with van der Waals surface area (Å²) < 4.78 is 28.3. The molecule has 3 aromatic heterocycles. The van der Waals surface area contributed by atoms with E-state index in [4.69, 9.17) is 0 Å². The molecular weight excluding hydrogens is 312 g/mol. The minimum Gasteiger partial charge on any atom is -0.257 e. The quantitative estimate of drug-likeness (QED) is 0.581. The molecule has 4 aromatic rings. The smallest absolute Gasteiger partial charge is 0.159 e. The Balaban J connectivity index is 1.76. The Bertz CT molecular complexity index is 1010. The second kappa shape index (κ2) is 5.77. The van der Waals surface area contributed by atoms with Crippen molar-refractivity contribution in [2.24, 2.45) is 0 Å². The highest BCUT2D eigenvalue weighted by Gasteiger charge is 2.09. The first-order valence-electron chi connectivity index (χ1n) is 7.24. The first-order valence-corrected chi connectivity index (χ1v) is 7.24. The zero-order valence-corrected chi connectivity index (χ0v) is 12.4. The van der Waals surface area contributed by atoms with Gasteiger partial charge in [-0.15, -0.1) is 0 Å².